The van der Waals surface area contributed by atoms with E-state index < -0.39 is 0 Å². The van der Waals surface area contributed by atoms with Gasteiger partial charge in [-0.1, -0.05) is 11.6 Å². The fourth-order valence-corrected chi connectivity index (χ4v) is 3.68. The molecule has 1 saturated carbocycles. The molecule has 1 atom stereocenters. The van der Waals surface area contributed by atoms with E-state index in [-0.39, 0.29) is 5.91 Å². The maximum Gasteiger partial charge on any atom is 0.258 e. The van der Waals surface area contributed by atoms with Gasteiger partial charge in [-0.3, -0.25) is 4.79 Å². The van der Waals surface area contributed by atoms with Crippen molar-refractivity contribution in [1.82, 2.24) is 9.88 Å². The molecule has 1 amide bonds. The monoisotopic (exact) mass is 321 g/mol. The van der Waals surface area contributed by atoms with Crippen LogP contribution in [-0.2, 0) is 11.3 Å². The van der Waals surface area contributed by atoms with Gasteiger partial charge in [-0.15, -0.1) is 0 Å². The van der Waals surface area contributed by atoms with Crippen molar-refractivity contribution in [3.63, 3.8) is 0 Å². The number of rotatable bonds is 3. The Balaban J connectivity index is 1.69. The fraction of sp³-hybridized carbons (Fsp3) is 0.625. The van der Waals surface area contributed by atoms with E-state index in [1.807, 2.05) is 11.0 Å². The molecular formula is C16H20ClN3O2. The van der Waals surface area contributed by atoms with Gasteiger partial charge in [0.2, 0.25) is 0 Å². The molecule has 0 bridgehead atoms. The summed E-state index contributed by atoms with van der Waals surface area (Å²) in [6.45, 7) is 5.66. The Morgan fingerprint density at radius 2 is 2.09 bits per heavy atom. The first-order valence-corrected chi connectivity index (χ1v) is 8.36. The van der Waals surface area contributed by atoms with E-state index in [2.05, 4.69) is 16.8 Å². The van der Waals surface area contributed by atoms with Gasteiger partial charge in [0.15, 0.2) is 0 Å². The van der Waals surface area contributed by atoms with E-state index in [9.17, 15) is 4.79 Å². The lowest BCUT2D eigenvalue weighted by atomic mass is 10.1. The summed E-state index contributed by atoms with van der Waals surface area (Å²) in [6, 6.07) is 2.15. The third-order valence-electron chi connectivity index (χ3n) is 4.97. The predicted molar refractivity (Wildman–Crippen MR) is 84.3 cm³/mol. The summed E-state index contributed by atoms with van der Waals surface area (Å²) in [6.07, 6.45) is 2.47. The number of hydrogen-bond donors (Lipinski definition) is 0. The molecule has 1 aliphatic carbocycles. The summed E-state index contributed by atoms with van der Waals surface area (Å²) in [4.78, 5) is 21.5. The third-order valence-corrected chi connectivity index (χ3v) is 5.17. The smallest absolute Gasteiger partial charge is 0.258 e. The van der Waals surface area contributed by atoms with E-state index in [4.69, 9.17) is 16.3 Å². The number of nitrogens with zero attached hydrogens (tertiary/aromatic N) is 3. The van der Waals surface area contributed by atoms with Crippen molar-refractivity contribution in [2.24, 2.45) is 5.92 Å². The first-order valence-electron chi connectivity index (χ1n) is 7.98. The Hall–Kier alpha value is -1.33. The van der Waals surface area contributed by atoms with Gasteiger partial charge in [-0.25, -0.2) is 4.98 Å². The molecule has 5 nitrogen and oxygen atoms in total. The SMILES string of the molecule is CC(C1CC1)N1Cc2cc(Cl)nc(N3CCOCC3)c2C1=O. The summed E-state index contributed by atoms with van der Waals surface area (Å²) in [7, 11) is 0. The van der Waals surface area contributed by atoms with Gasteiger partial charge >= 0.3 is 0 Å². The molecule has 22 heavy (non-hydrogen) atoms. The number of morpholine rings is 1. The second-order valence-corrected chi connectivity index (χ2v) is 6.80. The van der Waals surface area contributed by atoms with Crippen LogP contribution in [0.4, 0.5) is 5.82 Å². The minimum Gasteiger partial charge on any atom is -0.378 e. The molecule has 0 N–H and O–H groups in total. The lowest BCUT2D eigenvalue weighted by Crippen LogP contribution is -2.39. The van der Waals surface area contributed by atoms with Gasteiger partial charge in [-0.2, -0.15) is 0 Å². The average Bonchev–Trinajstić information content (AvgIpc) is 3.32. The van der Waals surface area contributed by atoms with Crippen molar-refractivity contribution in [1.29, 1.82) is 0 Å². The van der Waals surface area contributed by atoms with Crippen LogP contribution < -0.4 is 4.90 Å². The van der Waals surface area contributed by atoms with Crippen LogP contribution in [-0.4, -0.2) is 48.1 Å². The van der Waals surface area contributed by atoms with Gasteiger partial charge in [0.05, 0.1) is 18.8 Å². The Bertz CT molecular complexity index is 612. The number of ether oxygens (including phenoxy) is 1. The zero-order chi connectivity index (χ0) is 15.3. The first-order chi connectivity index (χ1) is 10.6. The minimum absolute atomic E-state index is 0.111. The molecule has 0 aromatic carbocycles. The Kier molecular flexibility index (Phi) is 3.50. The number of amides is 1. The third kappa shape index (κ3) is 2.36. The number of carbonyl (C=O) groups excluding carboxylic acids is 1. The second kappa shape index (κ2) is 5.39. The quantitative estimate of drug-likeness (QED) is 0.802. The van der Waals surface area contributed by atoms with Gasteiger partial charge in [-0.05, 0) is 37.3 Å². The molecule has 0 spiro atoms. The van der Waals surface area contributed by atoms with Gasteiger partial charge in [0.1, 0.15) is 11.0 Å². The average molecular weight is 322 g/mol. The molecule has 4 rings (SSSR count). The van der Waals surface area contributed by atoms with Crippen molar-refractivity contribution in [3.8, 4) is 0 Å². The summed E-state index contributed by atoms with van der Waals surface area (Å²) in [5.74, 6) is 1.51. The number of halogens is 1. The van der Waals surface area contributed by atoms with Gasteiger partial charge in [0, 0.05) is 25.7 Å². The largest absolute Gasteiger partial charge is 0.378 e. The van der Waals surface area contributed by atoms with E-state index in [0.29, 0.717) is 36.9 Å². The molecule has 0 radical (unpaired) electrons. The highest BCUT2D eigenvalue weighted by Crippen LogP contribution is 2.40. The Labute approximate surface area is 135 Å². The lowest BCUT2D eigenvalue weighted by Gasteiger charge is -2.29. The van der Waals surface area contributed by atoms with Crippen LogP contribution in [0.2, 0.25) is 5.15 Å². The van der Waals surface area contributed by atoms with Crippen LogP contribution in [0.15, 0.2) is 6.07 Å². The Morgan fingerprint density at radius 3 is 2.77 bits per heavy atom. The van der Waals surface area contributed by atoms with Crippen LogP contribution in [0.25, 0.3) is 0 Å². The zero-order valence-electron chi connectivity index (χ0n) is 12.7. The lowest BCUT2D eigenvalue weighted by molar-refractivity contribution is 0.0697. The summed E-state index contributed by atoms with van der Waals surface area (Å²) >= 11 is 6.20. The van der Waals surface area contributed by atoms with Crippen LogP contribution in [0.3, 0.4) is 0 Å². The highest BCUT2D eigenvalue weighted by Gasteiger charge is 2.40. The van der Waals surface area contributed by atoms with E-state index in [1.54, 1.807) is 0 Å². The maximum atomic E-state index is 12.9. The van der Waals surface area contributed by atoms with Crippen molar-refractivity contribution in [2.45, 2.75) is 32.4 Å². The molecule has 2 fully saturated rings. The topological polar surface area (TPSA) is 45.7 Å². The number of anilines is 1. The number of hydrogen-bond acceptors (Lipinski definition) is 4. The fourth-order valence-electron chi connectivity index (χ4n) is 3.47. The molecule has 1 saturated heterocycles. The molecule has 118 valence electrons. The molecule has 1 aromatic heterocycles. The number of fused-ring (bicyclic) bond motifs is 1. The first kappa shape index (κ1) is 14.3. The Morgan fingerprint density at radius 1 is 1.36 bits per heavy atom. The molecule has 1 aromatic rings. The highest BCUT2D eigenvalue weighted by atomic mass is 35.5. The van der Waals surface area contributed by atoms with Gasteiger partial charge in [0.25, 0.3) is 5.91 Å². The van der Waals surface area contributed by atoms with Crippen LogP contribution in [0.1, 0.15) is 35.7 Å². The van der Waals surface area contributed by atoms with E-state index in [1.165, 1.54) is 12.8 Å². The standard InChI is InChI=1S/C16H20ClN3O2/c1-10(11-2-3-11)20-9-12-8-13(17)18-15(14(12)16(20)21)19-4-6-22-7-5-19/h8,10-11H,2-7,9H2,1H3. The molecule has 3 heterocycles. The molecular weight excluding hydrogens is 302 g/mol. The molecule has 1 unspecified atom stereocenters. The number of carbonyl (C=O) groups is 1. The van der Waals surface area contributed by atoms with Crippen LogP contribution in [0.5, 0.6) is 0 Å². The van der Waals surface area contributed by atoms with Gasteiger partial charge < -0.3 is 14.5 Å². The van der Waals surface area contributed by atoms with E-state index in [0.717, 1.165) is 30.0 Å². The zero-order valence-corrected chi connectivity index (χ0v) is 13.5. The maximum absolute atomic E-state index is 12.9. The second-order valence-electron chi connectivity index (χ2n) is 6.41. The summed E-state index contributed by atoms with van der Waals surface area (Å²) < 4.78 is 5.40. The predicted octanol–water partition coefficient (Wildman–Crippen LogP) is 2.33. The molecule has 3 aliphatic rings. The summed E-state index contributed by atoms with van der Waals surface area (Å²) in [5, 5.41) is 0.467. The van der Waals surface area contributed by atoms with Crippen molar-refractivity contribution >= 4 is 23.3 Å². The molecule has 6 heteroatoms. The number of aromatic nitrogens is 1. The minimum atomic E-state index is 0.111. The van der Waals surface area contributed by atoms with Crippen molar-refractivity contribution < 1.29 is 9.53 Å². The number of pyridine rings is 1. The highest BCUT2D eigenvalue weighted by molar-refractivity contribution is 6.29. The van der Waals surface area contributed by atoms with Crippen LogP contribution in [0, 0.1) is 5.92 Å². The van der Waals surface area contributed by atoms with Crippen molar-refractivity contribution in [2.75, 3.05) is 31.2 Å². The summed E-state index contributed by atoms with van der Waals surface area (Å²) in [5.41, 5.74) is 1.76. The van der Waals surface area contributed by atoms with E-state index >= 15 is 0 Å². The van der Waals surface area contributed by atoms with Crippen LogP contribution >= 0.6 is 11.6 Å². The normalized spacial score (nSPS) is 22.9. The van der Waals surface area contributed by atoms with Crippen molar-refractivity contribution in [3.05, 3.63) is 22.3 Å². The molecule has 2 aliphatic heterocycles.